The van der Waals surface area contributed by atoms with E-state index in [9.17, 15) is 9.59 Å². The topological polar surface area (TPSA) is 75.9 Å². The highest BCUT2D eigenvalue weighted by molar-refractivity contribution is 5.83. The number of hydrogen-bond donors (Lipinski definition) is 1. The fourth-order valence-electron chi connectivity index (χ4n) is 2.93. The van der Waals surface area contributed by atoms with Gasteiger partial charge in [0.05, 0.1) is 12.1 Å². The third-order valence-electron chi connectivity index (χ3n) is 4.41. The molecule has 0 radical (unpaired) electrons. The highest BCUT2D eigenvalue weighted by atomic mass is 16.6. The summed E-state index contributed by atoms with van der Waals surface area (Å²) >= 11 is 0. The first-order valence-corrected chi connectivity index (χ1v) is 8.66. The summed E-state index contributed by atoms with van der Waals surface area (Å²) in [4.78, 5) is 28.6. The molecule has 0 bridgehead atoms. The number of ether oxygens (including phenoxy) is 1. The third kappa shape index (κ3) is 4.59. The van der Waals surface area contributed by atoms with E-state index in [1.807, 2.05) is 39.5 Å². The summed E-state index contributed by atoms with van der Waals surface area (Å²) in [6.07, 6.45) is 2.59. The number of nitrogens with zero attached hydrogens (tertiary/aromatic N) is 2. The van der Waals surface area contributed by atoms with Gasteiger partial charge in [-0.2, -0.15) is 0 Å². The van der Waals surface area contributed by atoms with Crippen LogP contribution < -0.4 is 5.73 Å². The molecule has 1 saturated carbocycles. The number of amides is 2. The van der Waals surface area contributed by atoms with Gasteiger partial charge in [0.2, 0.25) is 5.91 Å². The zero-order chi connectivity index (χ0) is 17.4. The van der Waals surface area contributed by atoms with Crippen molar-refractivity contribution >= 4 is 12.0 Å². The number of carbonyl (C=O) groups is 2. The maximum absolute atomic E-state index is 12.7. The highest BCUT2D eigenvalue weighted by Crippen LogP contribution is 2.32. The second-order valence-electron chi connectivity index (χ2n) is 8.12. The van der Waals surface area contributed by atoms with Gasteiger partial charge in [-0.1, -0.05) is 13.8 Å². The second-order valence-corrected chi connectivity index (χ2v) is 8.12. The van der Waals surface area contributed by atoms with Crippen LogP contribution >= 0.6 is 0 Å². The molecule has 6 heteroatoms. The molecule has 2 aliphatic rings. The number of nitrogens with two attached hydrogens (primary N) is 1. The normalized spacial score (nSPS) is 23.1. The summed E-state index contributed by atoms with van der Waals surface area (Å²) < 4.78 is 5.43. The summed E-state index contributed by atoms with van der Waals surface area (Å²) in [5.41, 5.74) is 5.58. The van der Waals surface area contributed by atoms with Crippen LogP contribution in [0.2, 0.25) is 0 Å². The van der Waals surface area contributed by atoms with Gasteiger partial charge in [0, 0.05) is 19.1 Å². The first kappa shape index (κ1) is 18.0. The molecule has 132 valence electrons. The van der Waals surface area contributed by atoms with Gasteiger partial charge in [-0.3, -0.25) is 4.79 Å². The number of carbonyl (C=O) groups excluding carboxylic acids is 2. The number of hydrogen-bond acceptors (Lipinski definition) is 4. The zero-order valence-electron chi connectivity index (χ0n) is 15.0. The van der Waals surface area contributed by atoms with E-state index in [4.69, 9.17) is 10.5 Å². The maximum Gasteiger partial charge on any atom is 0.410 e. The van der Waals surface area contributed by atoms with Crippen LogP contribution in [0.15, 0.2) is 0 Å². The predicted molar refractivity (Wildman–Crippen MR) is 88.9 cm³/mol. The molecule has 2 N–H and O–H groups in total. The number of likely N-dealkylation sites (tertiary alicyclic amines) is 1. The lowest BCUT2D eigenvalue weighted by atomic mass is 10.0. The molecule has 23 heavy (non-hydrogen) atoms. The Hall–Kier alpha value is -1.30. The molecule has 6 nitrogen and oxygen atoms in total. The van der Waals surface area contributed by atoms with Gasteiger partial charge in [-0.05, 0) is 46.0 Å². The van der Waals surface area contributed by atoms with Crippen LogP contribution in [0.4, 0.5) is 4.79 Å². The Labute approximate surface area is 139 Å². The monoisotopic (exact) mass is 325 g/mol. The van der Waals surface area contributed by atoms with Gasteiger partial charge in [-0.15, -0.1) is 0 Å². The molecule has 0 aromatic rings. The Morgan fingerprint density at radius 3 is 2.26 bits per heavy atom. The molecule has 2 fully saturated rings. The molecule has 1 heterocycles. The summed E-state index contributed by atoms with van der Waals surface area (Å²) in [5.74, 6) is 0.144. The van der Waals surface area contributed by atoms with Crippen molar-refractivity contribution in [3.05, 3.63) is 0 Å². The van der Waals surface area contributed by atoms with Crippen LogP contribution in [0.5, 0.6) is 0 Å². The minimum atomic E-state index is -0.499. The zero-order valence-corrected chi connectivity index (χ0v) is 15.0. The van der Waals surface area contributed by atoms with E-state index in [-0.39, 0.29) is 24.0 Å². The van der Waals surface area contributed by atoms with E-state index in [0.717, 1.165) is 19.3 Å². The lowest BCUT2D eigenvalue weighted by Gasteiger charge is -2.32. The summed E-state index contributed by atoms with van der Waals surface area (Å²) in [6, 6.07) is -0.102. The van der Waals surface area contributed by atoms with E-state index in [0.29, 0.717) is 19.1 Å². The van der Waals surface area contributed by atoms with Gasteiger partial charge < -0.3 is 20.3 Å². The molecular weight excluding hydrogens is 294 g/mol. The fraction of sp³-hybridized carbons (Fsp3) is 0.882. The van der Waals surface area contributed by atoms with Crippen molar-refractivity contribution in [1.29, 1.82) is 0 Å². The molecule has 1 saturated heterocycles. The van der Waals surface area contributed by atoms with Gasteiger partial charge in [-0.25, -0.2) is 4.79 Å². The average molecular weight is 325 g/mol. The molecule has 1 aliphatic heterocycles. The van der Waals surface area contributed by atoms with E-state index < -0.39 is 11.6 Å². The van der Waals surface area contributed by atoms with Gasteiger partial charge >= 0.3 is 6.09 Å². The largest absolute Gasteiger partial charge is 0.444 e. The molecule has 2 rings (SSSR count). The maximum atomic E-state index is 12.7. The quantitative estimate of drug-likeness (QED) is 0.857. The molecule has 0 aromatic carbocycles. The second kappa shape index (κ2) is 6.67. The molecule has 0 unspecified atom stereocenters. The third-order valence-corrected chi connectivity index (χ3v) is 4.41. The summed E-state index contributed by atoms with van der Waals surface area (Å²) in [5, 5.41) is 0. The Morgan fingerprint density at radius 2 is 1.78 bits per heavy atom. The Bertz CT molecular complexity index is 454. The van der Waals surface area contributed by atoms with Crippen LogP contribution in [-0.2, 0) is 9.53 Å². The van der Waals surface area contributed by atoms with E-state index >= 15 is 0 Å². The van der Waals surface area contributed by atoms with Crippen LogP contribution in [0.3, 0.4) is 0 Å². The summed E-state index contributed by atoms with van der Waals surface area (Å²) in [7, 11) is 0. The van der Waals surface area contributed by atoms with Crippen molar-refractivity contribution in [1.82, 2.24) is 9.80 Å². The van der Waals surface area contributed by atoms with E-state index in [1.165, 1.54) is 0 Å². The first-order valence-electron chi connectivity index (χ1n) is 8.66. The van der Waals surface area contributed by atoms with Crippen LogP contribution in [0.1, 0.15) is 53.9 Å². The van der Waals surface area contributed by atoms with Crippen molar-refractivity contribution in [3.63, 3.8) is 0 Å². The predicted octanol–water partition coefficient (Wildman–Crippen LogP) is 1.97. The van der Waals surface area contributed by atoms with Gasteiger partial charge in [0.15, 0.2) is 0 Å². The molecule has 1 aliphatic carbocycles. The Kier molecular flexibility index (Phi) is 5.23. The van der Waals surface area contributed by atoms with Crippen LogP contribution in [0.25, 0.3) is 0 Å². The molecule has 2 amide bonds. The van der Waals surface area contributed by atoms with Crippen molar-refractivity contribution in [2.45, 2.75) is 77.6 Å². The fourth-order valence-corrected chi connectivity index (χ4v) is 2.93. The van der Waals surface area contributed by atoms with Crippen LogP contribution in [-0.4, -0.2) is 58.6 Å². The van der Waals surface area contributed by atoms with Gasteiger partial charge in [0.25, 0.3) is 0 Å². The molecule has 2 atom stereocenters. The minimum Gasteiger partial charge on any atom is -0.444 e. The lowest BCUT2D eigenvalue weighted by Crippen LogP contribution is -2.52. The average Bonchev–Trinajstić information content (AvgIpc) is 3.12. The first-order chi connectivity index (χ1) is 10.6. The van der Waals surface area contributed by atoms with E-state index in [2.05, 4.69) is 0 Å². The molecular formula is C17H31N3O3. The number of rotatable bonds is 4. The van der Waals surface area contributed by atoms with Crippen molar-refractivity contribution in [3.8, 4) is 0 Å². The standard InChI is InChI=1S/C17H31N3O3/c1-11(2)14(18)15(21)20(12-6-7-12)13-8-9-19(10-13)16(22)23-17(3,4)5/h11-14H,6-10,18H2,1-5H3/t13-,14-/m0/s1. The SMILES string of the molecule is CC(C)[C@H](N)C(=O)N(C1CC1)[C@H]1CCN(C(=O)OC(C)(C)C)C1. The van der Waals surface area contributed by atoms with Crippen LogP contribution in [0, 0.1) is 5.92 Å². The van der Waals surface area contributed by atoms with Crippen molar-refractivity contribution in [2.24, 2.45) is 11.7 Å². The van der Waals surface area contributed by atoms with Crippen molar-refractivity contribution < 1.29 is 14.3 Å². The Morgan fingerprint density at radius 1 is 1.17 bits per heavy atom. The van der Waals surface area contributed by atoms with Gasteiger partial charge in [0.1, 0.15) is 5.60 Å². The minimum absolute atomic E-state index is 0.0264. The molecule has 0 spiro atoms. The highest BCUT2D eigenvalue weighted by Gasteiger charge is 2.43. The smallest absolute Gasteiger partial charge is 0.410 e. The van der Waals surface area contributed by atoms with E-state index in [1.54, 1.807) is 4.90 Å². The summed E-state index contributed by atoms with van der Waals surface area (Å²) in [6.45, 7) is 10.7. The Balaban J connectivity index is 2.00. The van der Waals surface area contributed by atoms with Crippen molar-refractivity contribution in [2.75, 3.05) is 13.1 Å². The molecule has 0 aromatic heterocycles. The lowest BCUT2D eigenvalue weighted by molar-refractivity contribution is -0.136.